The van der Waals surface area contributed by atoms with Gasteiger partial charge in [-0.3, -0.25) is 4.79 Å². The average Bonchev–Trinajstić information content (AvgIpc) is 2.62. The minimum Gasteiger partial charge on any atom is -0.494 e. The molecular formula is C20H26N2O2. The Hall–Kier alpha value is -2.33. The Morgan fingerprint density at radius 3 is 2.46 bits per heavy atom. The van der Waals surface area contributed by atoms with Gasteiger partial charge in [0.2, 0.25) is 5.91 Å². The fourth-order valence-corrected chi connectivity index (χ4v) is 2.28. The number of hydrogen-bond donors (Lipinski definition) is 2. The predicted octanol–water partition coefficient (Wildman–Crippen LogP) is 4.15. The normalized spacial score (nSPS) is 11.8. The maximum atomic E-state index is 12.0. The lowest BCUT2D eigenvalue weighted by molar-refractivity contribution is -0.115. The maximum absolute atomic E-state index is 12.0. The summed E-state index contributed by atoms with van der Waals surface area (Å²) >= 11 is 0. The molecule has 1 atom stereocenters. The van der Waals surface area contributed by atoms with Crippen LogP contribution in [-0.4, -0.2) is 19.1 Å². The molecule has 0 spiro atoms. The fraction of sp³-hybridized carbons (Fsp3) is 0.350. The van der Waals surface area contributed by atoms with Gasteiger partial charge in [-0.15, -0.1) is 0 Å². The summed E-state index contributed by atoms with van der Waals surface area (Å²) in [6.45, 7) is 5.17. The van der Waals surface area contributed by atoms with Crippen molar-refractivity contribution in [1.29, 1.82) is 0 Å². The van der Waals surface area contributed by atoms with Crippen LogP contribution in [0.1, 0.15) is 38.3 Å². The van der Waals surface area contributed by atoms with Gasteiger partial charge in [0, 0.05) is 11.7 Å². The first-order valence-corrected chi connectivity index (χ1v) is 8.50. The third-order valence-electron chi connectivity index (χ3n) is 3.77. The molecule has 0 aliphatic carbocycles. The monoisotopic (exact) mass is 326 g/mol. The number of hydrogen-bond acceptors (Lipinski definition) is 3. The third-order valence-corrected chi connectivity index (χ3v) is 3.77. The first-order valence-electron chi connectivity index (χ1n) is 8.50. The van der Waals surface area contributed by atoms with Crippen LogP contribution in [0.3, 0.4) is 0 Å². The second-order valence-corrected chi connectivity index (χ2v) is 5.79. The fourth-order valence-electron chi connectivity index (χ4n) is 2.28. The summed E-state index contributed by atoms with van der Waals surface area (Å²) in [7, 11) is 0. The van der Waals surface area contributed by atoms with Gasteiger partial charge in [0.1, 0.15) is 5.75 Å². The highest BCUT2D eigenvalue weighted by Gasteiger charge is 2.07. The zero-order valence-corrected chi connectivity index (χ0v) is 14.4. The molecule has 1 unspecified atom stereocenters. The molecule has 2 aromatic rings. The highest BCUT2D eigenvalue weighted by atomic mass is 16.5. The zero-order chi connectivity index (χ0) is 17.2. The van der Waals surface area contributed by atoms with Crippen LogP contribution in [-0.2, 0) is 4.79 Å². The van der Waals surface area contributed by atoms with Crippen molar-refractivity contribution < 1.29 is 9.53 Å². The SMILES string of the molecule is CCCCOc1ccc(NC(=O)CNC(C)c2ccccc2)cc1. The zero-order valence-electron chi connectivity index (χ0n) is 14.4. The molecule has 0 aromatic heterocycles. The molecule has 2 aromatic carbocycles. The minimum absolute atomic E-state index is 0.0579. The molecule has 0 fully saturated rings. The molecule has 1 amide bonds. The summed E-state index contributed by atoms with van der Waals surface area (Å²) < 4.78 is 5.61. The molecule has 4 heteroatoms. The van der Waals surface area contributed by atoms with Gasteiger partial charge in [-0.05, 0) is 43.2 Å². The molecule has 0 bridgehead atoms. The molecule has 2 N–H and O–H groups in total. The van der Waals surface area contributed by atoms with Crippen LogP contribution in [0.5, 0.6) is 5.75 Å². The number of unbranched alkanes of at least 4 members (excludes halogenated alkanes) is 1. The molecule has 0 aliphatic rings. The number of ether oxygens (including phenoxy) is 1. The van der Waals surface area contributed by atoms with Gasteiger partial charge in [0.25, 0.3) is 0 Å². The third kappa shape index (κ3) is 6.05. The second kappa shape index (κ2) is 9.73. The summed E-state index contributed by atoms with van der Waals surface area (Å²) in [4.78, 5) is 12.0. The van der Waals surface area contributed by atoms with E-state index in [1.807, 2.05) is 61.5 Å². The number of carbonyl (C=O) groups is 1. The Morgan fingerprint density at radius 2 is 1.79 bits per heavy atom. The van der Waals surface area contributed by atoms with Crippen molar-refractivity contribution in [1.82, 2.24) is 5.32 Å². The van der Waals surface area contributed by atoms with E-state index in [4.69, 9.17) is 4.74 Å². The molecule has 0 saturated heterocycles. The Balaban J connectivity index is 1.75. The number of rotatable bonds is 9. The van der Waals surface area contributed by atoms with Gasteiger partial charge < -0.3 is 15.4 Å². The minimum atomic E-state index is -0.0579. The standard InChI is InChI=1S/C20H26N2O2/c1-3-4-14-24-19-12-10-18(11-13-19)22-20(23)15-21-16(2)17-8-6-5-7-9-17/h5-13,16,21H,3-4,14-15H2,1-2H3,(H,22,23). The number of benzene rings is 2. The van der Waals surface area contributed by atoms with Gasteiger partial charge in [-0.2, -0.15) is 0 Å². The van der Waals surface area contributed by atoms with Gasteiger partial charge >= 0.3 is 0 Å². The average molecular weight is 326 g/mol. The van der Waals surface area contributed by atoms with Crippen molar-refractivity contribution in [3.05, 3.63) is 60.2 Å². The Labute approximate surface area is 144 Å². The van der Waals surface area contributed by atoms with Gasteiger partial charge in [0.05, 0.1) is 13.2 Å². The van der Waals surface area contributed by atoms with Crippen LogP contribution in [0.4, 0.5) is 5.69 Å². The lowest BCUT2D eigenvalue weighted by Crippen LogP contribution is -2.30. The maximum Gasteiger partial charge on any atom is 0.238 e. The van der Waals surface area contributed by atoms with Crippen molar-refractivity contribution in [2.24, 2.45) is 0 Å². The predicted molar refractivity (Wildman–Crippen MR) is 98.3 cm³/mol. The molecule has 0 aliphatic heterocycles. The number of amides is 1. The van der Waals surface area contributed by atoms with E-state index in [2.05, 4.69) is 17.6 Å². The van der Waals surface area contributed by atoms with Crippen molar-refractivity contribution in [3.63, 3.8) is 0 Å². The van der Waals surface area contributed by atoms with Gasteiger partial charge in [0.15, 0.2) is 0 Å². The van der Waals surface area contributed by atoms with E-state index in [9.17, 15) is 4.79 Å². The lowest BCUT2D eigenvalue weighted by atomic mass is 10.1. The molecule has 24 heavy (non-hydrogen) atoms. The van der Waals surface area contributed by atoms with E-state index in [0.717, 1.165) is 30.9 Å². The van der Waals surface area contributed by atoms with E-state index in [-0.39, 0.29) is 18.5 Å². The molecule has 0 heterocycles. The summed E-state index contributed by atoms with van der Waals surface area (Å²) in [5, 5.41) is 6.11. The first kappa shape index (κ1) is 18.0. The second-order valence-electron chi connectivity index (χ2n) is 5.79. The lowest BCUT2D eigenvalue weighted by Gasteiger charge is -2.14. The van der Waals surface area contributed by atoms with E-state index in [1.165, 1.54) is 5.56 Å². The van der Waals surface area contributed by atoms with Gasteiger partial charge in [-0.1, -0.05) is 43.7 Å². The highest BCUT2D eigenvalue weighted by Crippen LogP contribution is 2.16. The number of carbonyl (C=O) groups excluding carboxylic acids is 1. The van der Waals surface area contributed by atoms with Crippen molar-refractivity contribution in [3.8, 4) is 5.75 Å². The number of anilines is 1. The highest BCUT2D eigenvalue weighted by molar-refractivity contribution is 5.92. The number of nitrogens with one attached hydrogen (secondary N) is 2. The largest absolute Gasteiger partial charge is 0.494 e. The van der Waals surface area contributed by atoms with E-state index in [0.29, 0.717) is 0 Å². The van der Waals surface area contributed by atoms with E-state index >= 15 is 0 Å². The summed E-state index contributed by atoms with van der Waals surface area (Å²) in [6.07, 6.45) is 2.16. The van der Waals surface area contributed by atoms with E-state index < -0.39 is 0 Å². The Bertz CT molecular complexity index is 611. The van der Waals surface area contributed by atoms with Crippen molar-refractivity contribution >= 4 is 11.6 Å². The van der Waals surface area contributed by atoms with Crippen LogP contribution in [0.2, 0.25) is 0 Å². The van der Waals surface area contributed by atoms with Crippen LogP contribution in [0.25, 0.3) is 0 Å². The molecular weight excluding hydrogens is 300 g/mol. The summed E-state index contributed by atoms with van der Waals surface area (Å²) in [5.41, 5.74) is 1.94. The summed E-state index contributed by atoms with van der Waals surface area (Å²) in [5.74, 6) is 0.773. The Morgan fingerprint density at radius 1 is 1.08 bits per heavy atom. The van der Waals surface area contributed by atoms with Crippen LogP contribution in [0, 0.1) is 0 Å². The molecule has 4 nitrogen and oxygen atoms in total. The Kier molecular flexibility index (Phi) is 7.30. The van der Waals surface area contributed by atoms with Crippen LogP contribution >= 0.6 is 0 Å². The molecule has 0 radical (unpaired) electrons. The summed E-state index contributed by atoms with van der Waals surface area (Å²) in [6, 6.07) is 17.7. The molecule has 0 saturated carbocycles. The van der Waals surface area contributed by atoms with Gasteiger partial charge in [-0.25, -0.2) is 0 Å². The topological polar surface area (TPSA) is 50.4 Å². The van der Waals surface area contributed by atoms with Crippen LogP contribution in [0.15, 0.2) is 54.6 Å². The quantitative estimate of drug-likeness (QED) is 0.681. The van der Waals surface area contributed by atoms with Crippen molar-refractivity contribution in [2.45, 2.75) is 32.7 Å². The van der Waals surface area contributed by atoms with Crippen LogP contribution < -0.4 is 15.4 Å². The molecule has 128 valence electrons. The first-order chi connectivity index (χ1) is 11.7. The van der Waals surface area contributed by atoms with E-state index in [1.54, 1.807) is 0 Å². The molecule has 2 rings (SSSR count). The smallest absolute Gasteiger partial charge is 0.238 e. The van der Waals surface area contributed by atoms with Crippen molar-refractivity contribution in [2.75, 3.05) is 18.5 Å².